The molecule has 1 amide bonds. The van der Waals surface area contributed by atoms with Gasteiger partial charge in [0.15, 0.2) is 11.6 Å². The van der Waals surface area contributed by atoms with Gasteiger partial charge in [0, 0.05) is 13.5 Å². The molecular formula is C10H15NO3. The molecule has 0 spiro atoms. The molecule has 14 heavy (non-hydrogen) atoms. The molecule has 0 atom stereocenters. The monoisotopic (exact) mass is 197 g/mol. The topological polar surface area (TPSA) is 54.5 Å². The fourth-order valence-electron chi connectivity index (χ4n) is 1.28. The van der Waals surface area contributed by atoms with Crippen LogP contribution in [0, 0.1) is 0 Å². The summed E-state index contributed by atoms with van der Waals surface area (Å²) in [5, 5.41) is 0. The SMILES string of the molecule is C=CCN(C(C)=O)C(C(C)=O)C(C)=O. The van der Waals surface area contributed by atoms with Crippen LogP contribution in [0.1, 0.15) is 20.8 Å². The van der Waals surface area contributed by atoms with Gasteiger partial charge < -0.3 is 4.90 Å². The number of hydrogen-bond acceptors (Lipinski definition) is 3. The van der Waals surface area contributed by atoms with Gasteiger partial charge in [-0.15, -0.1) is 6.58 Å². The predicted molar refractivity (Wildman–Crippen MR) is 52.7 cm³/mol. The van der Waals surface area contributed by atoms with Crippen LogP contribution >= 0.6 is 0 Å². The first-order valence-corrected chi connectivity index (χ1v) is 4.30. The molecule has 0 heterocycles. The Bertz CT molecular complexity index is 257. The van der Waals surface area contributed by atoms with Crippen LogP contribution in [-0.4, -0.2) is 35.0 Å². The fraction of sp³-hybridized carbons (Fsp3) is 0.500. The number of rotatable bonds is 5. The molecule has 78 valence electrons. The van der Waals surface area contributed by atoms with E-state index in [1.807, 2.05) is 0 Å². The summed E-state index contributed by atoms with van der Waals surface area (Å²) in [4.78, 5) is 34.7. The summed E-state index contributed by atoms with van der Waals surface area (Å²) in [5.41, 5.74) is 0. The highest BCUT2D eigenvalue weighted by Crippen LogP contribution is 2.03. The summed E-state index contributed by atoms with van der Waals surface area (Å²) in [5.74, 6) is -0.954. The van der Waals surface area contributed by atoms with Gasteiger partial charge in [-0.3, -0.25) is 14.4 Å². The van der Waals surface area contributed by atoms with E-state index in [4.69, 9.17) is 0 Å². The molecule has 0 aromatic heterocycles. The van der Waals surface area contributed by atoms with Crippen molar-refractivity contribution in [2.75, 3.05) is 6.54 Å². The van der Waals surface area contributed by atoms with E-state index in [1.54, 1.807) is 0 Å². The molecule has 4 nitrogen and oxygen atoms in total. The van der Waals surface area contributed by atoms with E-state index in [2.05, 4.69) is 6.58 Å². The third kappa shape index (κ3) is 3.12. The van der Waals surface area contributed by atoms with Crippen molar-refractivity contribution in [3.05, 3.63) is 12.7 Å². The van der Waals surface area contributed by atoms with Crippen LogP contribution in [0.2, 0.25) is 0 Å². The molecule has 0 aliphatic rings. The van der Waals surface area contributed by atoms with Crippen molar-refractivity contribution in [2.24, 2.45) is 0 Å². The maximum Gasteiger partial charge on any atom is 0.220 e. The van der Waals surface area contributed by atoms with E-state index in [1.165, 1.54) is 31.7 Å². The Kier molecular flexibility index (Phi) is 4.77. The lowest BCUT2D eigenvalue weighted by molar-refractivity contribution is -0.142. The van der Waals surface area contributed by atoms with Gasteiger partial charge in [0.25, 0.3) is 0 Å². The lowest BCUT2D eigenvalue weighted by Gasteiger charge is -2.25. The highest BCUT2D eigenvalue weighted by atomic mass is 16.2. The second-order valence-electron chi connectivity index (χ2n) is 3.08. The lowest BCUT2D eigenvalue weighted by Crippen LogP contribution is -2.47. The summed E-state index contributed by atoms with van der Waals surface area (Å²) in [7, 11) is 0. The third-order valence-electron chi connectivity index (χ3n) is 1.81. The Balaban J connectivity index is 4.91. The number of ketones is 2. The molecule has 0 saturated heterocycles. The molecule has 4 heteroatoms. The van der Waals surface area contributed by atoms with Crippen LogP contribution in [0.3, 0.4) is 0 Å². The minimum absolute atomic E-state index is 0.208. The van der Waals surface area contributed by atoms with Gasteiger partial charge in [-0.2, -0.15) is 0 Å². The molecule has 0 radical (unpaired) electrons. The van der Waals surface area contributed by atoms with Crippen LogP contribution in [0.4, 0.5) is 0 Å². The van der Waals surface area contributed by atoms with Crippen LogP contribution in [0.5, 0.6) is 0 Å². The van der Waals surface area contributed by atoms with E-state index >= 15 is 0 Å². The van der Waals surface area contributed by atoms with Gasteiger partial charge >= 0.3 is 0 Å². The number of hydrogen-bond donors (Lipinski definition) is 0. The average molecular weight is 197 g/mol. The fourth-order valence-corrected chi connectivity index (χ4v) is 1.28. The summed E-state index contributed by atoms with van der Waals surface area (Å²) in [6.07, 6.45) is 1.49. The zero-order valence-corrected chi connectivity index (χ0v) is 8.74. The highest BCUT2D eigenvalue weighted by Gasteiger charge is 2.27. The molecule has 0 unspecified atom stereocenters. The van der Waals surface area contributed by atoms with Crippen LogP contribution in [0.15, 0.2) is 12.7 Å². The molecule has 0 aromatic carbocycles. The van der Waals surface area contributed by atoms with Gasteiger partial charge in [0.2, 0.25) is 5.91 Å². The van der Waals surface area contributed by atoms with Crippen molar-refractivity contribution in [2.45, 2.75) is 26.8 Å². The Morgan fingerprint density at radius 2 is 1.64 bits per heavy atom. The molecule has 0 N–H and O–H groups in total. The number of amides is 1. The van der Waals surface area contributed by atoms with Crippen molar-refractivity contribution in [3.8, 4) is 0 Å². The minimum Gasteiger partial charge on any atom is -0.322 e. The summed E-state index contributed by atoms with van der Waals surface area (Å²) < 4.78 is 0. The first-order chi connectivity index (χ1) is 6.41. The minimum atomic E-state index is -0.967. The standard InChI is InChI=1S/C10H15NO3/c1-5-6-11(9(4)14)10(7(2)12)8(3)13/h5,10H,1,6H2,2-4H3. The Morgan fingerprint density at radius 1 is 1.21 bits per heavy atom. The zero-order valence-electron chi connectivity index (χ0n) is 8.74. The van der Waals surface area contributed by atoms with Crippen LogP contribution in [0.25, 0.3) is 0 Å². The smallest absolute Gasteiger partial charge is 0.220 e. The van der Waals surface area contributed by atoms with Crippen molar-refractivity contribution in [1.82, 2.24) is 4.90 Å². The lowest BCUT2D eigenvalue weighted by atomic mass is 10.1. The number of carbonyl (C=O) groups is 3. The predicted octanol–water partition coefficient (Wildman–Crippen LogP) is 0.568. The van der Waals surface area contributed by atoms with E-state index in [0.29, 0.717) is 0 Å². The second-order valence-corrected chi connectivity index (χ2v) is 3.08. The molecular weight excluding hydrogens is 182 g/mol. The highest BCUT2D eigenvalue weighted by molar-refractivity contribution is 6.06. The van der Waals surface area contributed by atoms with Gasteiger partial charge in [-0.05, 0) is 13.8 Å². The number of carbonyl (C=O) groups excluding carboxylic acids is 3. The van der Waals surface area contributed by atoms with Crippen molar-refractivity contribution in [3.63, 3.8) is 0 Å². The van der Waals surface area contributed by atoms with Gasteiger partial charge in [-0.25, -0.2) is 0 Å². The van der Waals surface area contributed by atoms with E-state index in [0.717, 1.165) is 0 Å². The molecule has 0 saturated carbocycles. The quantitative estimate of drug-likeness (QED) is 0.478. The normalized spacial score (nSPS) is 9.71. The molecule has 0 aliphatic carbocycles. The van der Waals surface area contributed by atoms with Crippen molar-refractivity contribution >= 4 is 17.5 Å². The first-order valence-electron chi connectivity index (χ1n) is 4.30. The number of Topliss-reactive ketones (excluding diaryl/α,β-unsaturated/α-hetero) is 2. The third-order valence-corrected chi connectivity index (χ3v) is 1.81. The molecule has 0 bridgehead atoms. The summed E-state index contributed by atoms with van der Waals surface area (Å²) in [6.45, 7) is 7.59. The van der Waals surface area contributed by atoms with E-state index in [-0.39, 0.29) is 24.0 Å². The molecule has 0 aromatic rings. The largest absolute Gasteiger partial charge is 0.322 e. The number of nitrogens with zero attached hydrogens (tertiary/aromatic N) is 1. The van der Waals surface area contributed by atoms with Gasteiger partial charge in [0.1, 0.15) is 6.04 Å². The van der Waals surface area contributed by atoms with Gasteiger partial charge in [-0.1, -0.05) is 6.08 Å². The van der Waals surface area contributed by atoms with Gasteiger partial charge in [0.05, 0.1) is 0 Å². The Morgan fingerprint density at radius 3 is 1.86 bits per heavy atom. The molecule has 0 rings (SSSR count). The van der Waals surface area contributed by atoms with Crippen LogP contribution < -0.4 is 0 Å². The van der Waals surface area contributed by atoms with E-state index < -0.39 is 6.04 Å². The Hall–Kier alpha value is -1.45. The first kappa shape index (κ1) is 12.6. The second kappa shape index (κ2) is 5.32. The molecule has 0 aliphatic heterocycles. The van der Waals surface area contributed by atoms with Crippen LogP contribution in [-0.2, 0) is 14.4 Å². The van der Waals surface area contributed by atoms with Crippen molar-refractivity contribution < 1.29 is 14.4 Å². The average Bonchev–Trinajstić information content (AvgIpc) is 2.01. The molecule has 0 fully saturated rings. The summed E-state index contributed by atoms with van der Waals surface area (Å²) in [6, 6.07) is -0.967. The Labute approximate surface area is 83.6 Å². The zero-order chi connectivity index (χ0) is 11.3. The van der Waals surface area contributed by atoms with Crippen molar-refractivity contribution in [1.29, 1.82) is 0 Å². The maximum atomic E-state index is 11.2. The maximum absolute atomic E-state index is 11.2. The van der Waals surface area contributed by atoms with E-state index in [9.17, 15) is 14.4 Å². The summed E-state index contributed by atoms with van der Waals surface area (Å²) >= 11 is 0.